The van der Waals surface area contributed by atoms with Crippen molar-refractivity contribution in [1.29, 1.82) is 0 Å². The fraction of sp³-hybridized carbons (Fsp3) is 0.625. The van der Waals surface area contributed by atoms with Gasteiger partial charge in [-0.2, -0.15) is 0 Å². The summed E-state index contributed by atoms with van der Waals surface area (Å²) in [6, 6.07) is 7.35. The van der Waals surface area contributed by atoms with E-state index in [9.17, 15) is 19.5 Å². The van der Waals surface area contributed by atoms with Crippen molar-refractivity contribution >= 4 is 33.7 Å². The zero-order chi connectivity index (χ0) is 24.1. The van der Waals surface area contributed by atoms with Crippen LogP contribution in [0.15, 0.2) is 30.3 Å². The molecule has 1 aromatic carbocycles. The van der Waals surface area contributed by atoms with Gasteiger partial charge >= 0.3 is 5.97 Å². The quantitative estimate of drug-likeness (QED) is 0.437. The molecule has 3 aliphatic heterocycles. The van der Waals surface area contributed by atoms with E-state index in [1.165, 1.54) is 4.90 Å². The van der Waals surface area contributed by atoms with Gasteiger partial charge in [-0.15, -0.1) is 0 Å². The van der Waals surface area contributed by atoms with Crippen molar-refractivity contribution in [2.75, 3.05) is 13.2 Å². The fourth-order valence-corrected chi connectivity index (χ4v) is 6.62. The molecule has 3 unspecified atom stereocenters. The van der Waals surface area contributed by atoms with E-state index in [0.717, 1.165) is 0 Å². The summed E-state index contributed by atoms with van der Waals surface area (Å²) in [6.45, 7) is 7.12. The van der Waals surface area contributed by atoms with Crippen LogP contribution in [0.3, 0.4) is 0 Å². The molecular formula is C24H31BrN2O6. The van der Waals surface area contributed by atoms with E-state index in [1.54, 1.807) is 6.92 Å². The summed E-state index contributed by atoms with van der Waals surface area (Å²) in [5.74, 6) is -2.90. The Morgan fingerprint density at radius 2 is 2.00 bits per heavy atom. The summed E-state index contributed by atoms with van der Waals surface area (Å²) in [6.07, 6.45) is -0.162. The summed E-state index contributed by atoms with van der Waals surface area (Å²) in [5.41, 5.74) is -1.03. The van der Waals surface area contributed by atoms with Crippen molar-refractivity contribution in [3.8, 4) is 0 Å². The number of benzene rings is 1. The van der Waals surface area contributed by atoms with Crippen LogP contribution in [-0.2, 0) is 23.9 Å². The van der Waals surface area contributed by atoms with Gasteiger partial charge < -0.3 is 24.8 Å². The SMILES string of the molecule is CCOC(=O)[C@H]1[C@@H]2OC3(CC2Br)C(C(=O)NC(C)(C)C)N([C@H](CO)c2ccccc2)C(=O)[C@H]13. The van der Waals surface area contributed by atoms with Gasteiger partial charge in [-0.25, -0.2) is 0 Å². The third kappa shape index (κ3) is 3.88. The largest absolute Gasteiger partial charge is 0.466 e. The molecule has 0 aliphatic carbocycles. The van der Waals surface area contributed by atoms with Gasteiger partial charge in [0, 0.05) is 10.4 Å². The highest BCUT2D eigenvalue weighted by Crippen LogP contribution is 2.61. The molecule has 1 spiro atoms. The number of ether oxygens (including phenoxy) is 2. The maximum atomic E-state index is 14.0. The number of halogens is 1. The Hall–Kier alpha value is -1.97. The highest BCUT2D eigenvalue weighted by atomic mass is 79.9. The number of hydrogen-bond donors (Lipinski definition) is 2. The monoisotopic (exact) mass is 522 g/mol. The minimum Gasteiger partial charge on any atom is -0.466 e. The molecule has 3 saturated heterocycles. The summed E-state index contributed by atoms with van der Waals surface area (Å²) in [5, 5.41) is 13.4. The molecular weight excluding hydrogens is 492 g/mol. The van der Waals surface area contributed by atoms with E-state index in [2.05, 4.69) is 21.2 Å². The molecule has 4 rings (SSSR count). The van der Waals surface area contributed by atoms with Crippen LogP contribution in [0.25, 0.3) is 0 Å². The molecule has 3 aliphatic rings. The molecule has 0 radical (unpaired) electrons. The molecule has 3 heterocycles. The highest BCUT2D eigenvalue weighted by Gasteiger charge is 2.77. The molecule has 2 bridgehead atoms. The minimum absolute atomic E-state index is 0.184. The molecule has 2 N–H and O–H groups in total. The molecule has 33 heavy (non-hydrogen) atoms. The molecule has 180 valence electrons. The van der Waals surface area contributed by atoms with E-state index in [1.807, 2.05) is 51.1 Å². The molecule has 1 aromatic rings. The number of rotatable bonds is 6. The number of esters is 1. The van der Waals surface area contributed by atoms with Crippen molar-refractivity contribution < 1.29 is 29.0 Å². The van der Waals surface area contributed by atoms with Crippen molar-refractivity contribution in [1.82, 2.24) is 10.2 Å². The second kappa shape index (κ2) is 8.67. The first-order valence-electron chi connectivity index (χ1n) is 11.3. The molecule has 2 amide bonds. The van der Waals surface area contributed by atoms with Gasteiger partial charge in [0.25, 0.3) is 0 Å². The number of aliphatic hydroxyl groups is 1. The lowest BCUT2D eigenvalue weighted by molar-refractivity contribution is -0.155. The summed E-state index contributed by atoms with van der Waals surface area (Å²) in [7, 11) is 0. The Balaban J connectivity index is 1.83. The number of nitrogens with one attached hydrogen (secondary N) is 1. The summed E-state index contributed by atoms with van der Waals surface area (Å²) >= 11 is 3.62. The minimum atomic E-state index is -1.19. The number of hydrogen-bond acceptors (Lipinski definition) is 6. The number of alkyl halides is 1. The molecule has 0 saturated carbocycles. The zero-order valence-corrected chi connectivity index (χ0v) is 20.9. The predicted molar refractivity (Wildman–Crippen MR) is 123 cm³/mol. The normalized spacial score (nSPS) is 33.7. The Morgan fingerprint density at radius 1 is 1.33 bits per heavy atom. The maximum Gasteiger partial charge on any atom is 0.312 e. The molecule has 9 heteroatoms. The molecule has 7 atom stereocenters. The number of carbonyl (C=O) groups excluding carboxylic acids is 3. The zero-order valence-electron chi connectivity index (χ0n) is 19.3. The number of aliphatic hydroxyl groups excluding tert-OH is 1. The average molecular weight is 523 g/mol. The van der Waals surface area contributed by atoms with Gasteiger partial charge in [-0.3, -0.25) is 14.4 Å². The van der Waals surface area contributed by atoms with Crippen molar-refractivity contribution in [3.63, 3.8) is 0 Å². The van der Waals surface area contributed by atoms with Gasteiger partial charge in [0.05, 0.1) is 37.2 Å². The van der Waals surface area contributed by atoms with Crippen LogP contribution in [0.2, 0.25) is 0 Å². The summed E-state index contributed by atoms with van der Waals surface area (Å²) in [4.78, 5) is 41.9. The lowest BCUT2D eigenvalue weighted by Gasteiger charge is -2.38. The number of likely N-dealkylation sites (tertiary alicyclic amines) is 1. The summed E-state index contributed by atoms with van der Waals surface area (Å²) < 4.78 is 11.7. The molecule has 3 fully saturated rings. The third-order valence-electron chi connectivity index (χ3n) is 6.73. The number of carbonyl (C=O) groups is 3. The van der Waals surface area contributed by atoms with Crippen LogP contribution >= 0.6 is 15.9 Å². The molecule has 0 aromatic heterocycles. The topological polar surface area (TPSA) is 105 Å². The van der Waals surface area contributed by atoms with Gasteiger partial charge in [0.1, 0.15) is 11.6 Å². The second-order valence-electron chi connectivity index (χ2n) is 10.0. The van der Waals surface area contributed by atoms with Gasteiger partial charge in [-0.1, -0.05) is 46.3 Å². The van der Waals surface area contributed by atoms with Gasteiger partial charge in [0.2, 0.25) is 11.8 Å². The first kappa shape index (κ1) is 24.2. The van der Waals surface area contributed by atoms with E-state index in [-0.39, 0.29) is 29.9 Å². The standard InChI is InChI=1S/C24H31BrN2O6/c1-5-32-22(31)16-17-21(30)27(15(12-28)13-9-7-6-8-10-13)19(20(29)26-23(2,3)4)24(17)11-14(25)18(16)33-24/h6-10,14-19,28H,5,11-12H2,1-4H3,(H,26,29)/t14?,15-,16-,17+,18-,19?,24?/m1/s1. The van der Waals surface area contributed by atoms with E-state index in [0.29, 0.717) is 12.0 Å². The van der Waals surface area contributed by atoms with Crippen LogP contribution in [0.1, 0.15) is 45.7 Å². The Labute approximate surface area is 202 Å². The van der Waals surface area contributed by atoms with E-state index < -0.39 is 47.1 Å². The smallest absolute Gasteiger partial charge is 0.312 e. The number of amides is 2. The number of nitrogens with zero attached hydrogens (tertiary/aromatic N) is 1. The highest BCUT2D eigenvalue weighted by molar-refractivity contribution is 9.09. The Bertz CT molecular complexity index is 935. The fourth-order valence-electron chi connectivity index (χ4n) is 5.68. The van der Waals surface area contributed by atoms with Crippen molar-refractivity contribution in [2.45, 2.75) is 68.3 Å². The van der Waals surface area contributed by atoms with Gasteiger partial charge in [-0.05, 0) is 39.7 Å². The van der Waals surface area contributed by atoms with E-state index >= 15 is 0 Å². The van der Waals surface area contributed by atoms with Crippen LogP contribution in [0.4, 0.5) is 0 Å². The molecule has 8 nitrogen and oxygen atoms in total. The first-order valence-corrected chi connectivity index (χ1v) is 12.3. The maximum absolute atomic E-state index is 14.0. The van der Waals surface area contributed by atoms with Crippen LogP contribution < -0.4 is 5.32 Å². The van der Waals surface area contributed by atoms with Gasteiger partial charge in [0.15, 0.2) is 0 Å². The number of fused-ring (bicyclic) bond motifs is 1. The van der Waals surface area contributed by atoms with E-state index in [4.69, 9.17) is 9.47 Å². The Kier molecular flexibility index (Phi) is 6.35. The lowest BCUT2D eigenvalue weighted by atomic mass is 9.70. The lowest BCUT2D eigenvalue weighted by Crippen LogP contribution is -2.59. The Morgan fingerprint density at radius 3 is 2.58 bits per heavy atom. The third-order valence-corrected chi connectivity index (χ3v) is 7.57. The van der Waals surface area contributed by atoms with Crippen LogP contribution in [0, 0.1) is 11.8 Å². The van der Waals surface area contributed by atoms with Crippen LogP contribution in [0.5, 0.6) is 0 Å². The van der Waals surface area contributed by atoms with Crippen LogP contribution in [-0.4, -0.2) is 69.1 Å². The van der Waals surface area contributed by atoms with Crippen molar-refractivity contribution in [3.05, 3.63) is 35.9 Å². The van der Waals surface area contributed by atoms with Crippen molar-refractivity contribution in [2.24, 2.45) is 11.8 Å². The average Bonchev–Trinajstić information content (AvgIpc) is 3.32. The first-order chi connectivity index (χ1) is 15.6. The predicted octanol–water partition coefficient (Wildman–Crippen LogP) is 1.95. The second-order valence-corrected chi connectivity index (χ2v) is 11.2.